The van der Waals surface area contributed by atoms with Gasteiger partial charge >= 0.3 is 0 Å². The second-order valence-electron chi connectivity index (χ2n) is 8.03. The lowest BCUT2D eigenvalue weighted by molar-refractivity contribution is 0.151. The van der Waals surface area contributed by atoms with Crippen LogP contribution in [0.1, 0.15) is 110 Å². The third-order valence-corrected chi connectivity index (χ3v) is 6.02. The SMILES string of the molecule is CCCCCCCCNC(=N)N(C1CCCCC1)C1CCCCC1. The maximum absolute atomic E-state index is 8.68. The zero-order valence-electron chi connectivity index (χ0n) is 16.1. The zero-order chi connectivity index (χ0) is 17.0. The quantitative estimate of drug-likeness (QED) is 0.316. The molecular weight excluding hydrogens is 294 g/mol. The van der Waals surface area contributed by atoms with Gasteiger partial charge in [-0.25, -0.2) is 0 Å². The van der Waals surface area contributed by atoms with E-state index in [2.05, 4.69) is 17.1 Å². The van der Waals surface area contributed by atoms with E-state index >= 15 is 0 Å². The van der Waals surface area contributed by atoms with Crippen LogP contribution in [0.5, 0.6) is 0 Å². The lowest BCUT2D eigenvalue weighted by Crippen LogP contribution is -2.53. The van der Waals surface area contributed by atoms with Crippen LogP contribution < -0.4 is 5.32 Å². The summed E-state index contributed by atoms with van der Waals surface area (Å²) in [5, 5.41) is 12.2. The molecule has 2 N–H and O–H groups in total. The molecule has 2 aliphatic rings. The number of hydrogen-bond acceptors (Lipinski definition) is 1. The van der Waals surface area contributed by atoms with E-state index in [0.717, 1.165) is 12.5 Å². The fourth-order valence-electron chi connectivity index (χ4n) is 4.59. The fourth-order valence-corrected chi connectivity index (χ4v) is 4.59. The van der Waals surface area contributed by atoms with Crippen molar-refractivity contribution in [3.8, 4) is 0 Å². The van der Waals surface area contributed by atoms with Crippen molar-refractivity contribution in [3.63, 3.8) is 0 Å². The lowest BCUT2D eigenvalue weighted by Gasteiger charge is -2.43. The van der Waals surface area contributed by atoms with E-state index in [4.69, 9.17) is 5.41 Å². The minimum atomic E-state index is 0.631. The van der Waals surface area contributed by atoms with E-state index in [9.17, 15) is 0 Å². The Kier molecular flexibility index (Phi) is 9.60. The molecule has 0 heterocycles. The molecule has 3 nitrogen and oxygen atoms in total. The average molecular weight is 336 g/mol. The lowest BCUT2D eigenvalue weighted by atomic mass is 9.89. The highest BCUT2D eigenvalue weighted by atomic mass is 15.3. The largest absolute Gasteiger partial charge is 0.356 e. The van der Waals surface area contributed by atoms with E-state index in [0.29, 0.717) is 12.1 Å². The van der Waals surface area contributed by atoms with E-state index < -0.39 is 0 Å². The highest BCUT2D eigenvalue weighted by molar-refractivity contribution is 5.77. The minimum Gasteiger partial charge on any atom is -0.356 e. The Morgan fingerprint density at radius 3 is 1.83 bits per heavy atom. The highest BCUT2D eigenvalue weighted by Gasteiger charge is 2.30. The van der Waals surface area contributed by atoms with Crippen LogP contribution in [0.15, 0.2) is 0 Å². The van der Waals surface area contributed by atoms with Crippen LogP contribution in [-0.4, -0.2) is 29.5 Å². The van der Waals surface area contributed by atoms with Gasteiger partial charge in [-0.15, -0.1) is 0 Å². The minimum absolute atomic E-state index is 0.631. The predicted molar refractivity (Wildman–Crippen MR) is 105 cm³/mol. The molecule has 0 radical (unpaired) electrons. The average Bonchev–Trinajstić information content (AvgIpc) is 2.63. The number of nitrogens with zero attached hydrogens (tertiary/aromatic N) is 1. The van der Waals surface area contributed by atoms with Crippen LogP contribution >= 0.6 is 0 Å². The molecule has 24 heavy (non-hydrogen) atoms. The van der Waals surface area contributed by atoms with Crippen LogP contribution in [0, 0.1) is 5.41 Å². The number of nitrogens with one attached hydrogen (secondary N) is 2. The van der Waals surface area contributed by atoms with Gasteiger partial charge in [0.25, 0.3) is 0 Å². The molecule has 0 amide bonds. The fraction of sp³-hybridized carbons (Fsp3) is 0.952. The van der Waals surface area contributed by atoms with Gasteiger partial charge in [0.1, 0.15) is 0 Å². The Morgan fingerprint density at radius 2 is 1.29 bits per heavy atom. The van der Waals surface area contributed by atoms with Gasteiger partial charge in [-0.1, -0.05) is 77.6 Å². The standard InChI is InChI=1S/C21H41N3/c1-2-3-4-5-6-13-18-23-21(22)24(19-14-9-7-10-15-19)20-16-11-8-12-17-20/h19-20H,2-18H2,1H3,(H2,22,23). The Balaban J connectivity index is 1.76. The van der Waals surface area contributed by atoms with E-state index in [1.165, 1.54) is 103 Å². The van der Waals surface area contributed by atoms with Gasteiger partial charge in [0.15, 0.2) is 5.96 Å². The molecule has 0 aromatic carbocycles. The third kappa shape index (κ3) is 6.64. The zero-order valence-corrected chi connectivity index (χ0v) is 16.1. The summed E-state index contributed by atoms with van der Waals surface area (Å²) in [6.07, 6.45) is 21.4. The van der Waals surface area contributed by atoms with Gasteiger partial charge in [0.2, 0.25) is 0 Å². The first-order valence-electron chi connectivity index (χ1n) is 10.9. The third-order valence-electron chi connectivity index (χ3n) is 6.02. The Morgan fingerprint density at radius 1 is 0.792 bits per heavy atom. The predicted octanol–water partition coefficient (Wildman–Crippen LogP) is 5.84. The molecule has 2 aliphatic carbocycles. The van der Waals surface area contributed by atoms with E-state index in [1.54, 1.807) is 0 Å². The Hall–Kier alpha value is -0.730. The van der Waals surface area contributed by atoms with Gasteiger partial charge in [-0.05, 0) is 32.1 Å². The van der Waals surface area contributed by atoms with Gasteiger partial charge in [0.05, 0.1) is 0 Å². The van der Waals surface area contributed by atoms with Crippen molar-refractivity contribution in [1.82, 2.24) is 10.2 Å². The molecular formula is C21H41N3. The topological polar surface area (TPSA) is 39.1 Å². The Labute approximate surface area is 150 Å². The van der Waals surface area contributed by atoms with Crippen molar-refractivity contribution in [2.24, 2.45) is 0 Å². The molecule has 0 saturated heterocycles. The van der Waals surface area contributed by atoms with E-state index in [1.807, 2.05) is 0 Å². The summed E-state index contributed by atoms with van der Waals surface area (Å²) in [4.78, 5) is 2.51. The van der Waals surface area contributed by atoms with Crippen molar-refractivity contribution in [1.29, 1.82) is 5.41 Å². The molecule has 2 saturated carbocycles. The first-order chi connectivity index (χ1) is 11.8. The van der Waals surface area contributed by atoms with Crippen LogP contribution in [0.4, 0.5) is 0 Å². The number of rotatable bonds is 9. The summed E-state index contributed by atoms with van der Waals surface area (Å²) in [6, 6.07) is 1.26. The smallest absolute Gasteiger partial charge is 0.191 e. The maximum Gasteiger partial charge on any atom is 0.191 e. The summed E-state index contributed by atoms with van der Waals surface area (Å²) >= 11 is 0. The maximum atomic E-state index is 8.68. The molecule has 2 rings (SSSR count). The van der Waals surface area contributed by atoms with E-state index in [-0.39, 0.29) is 0 Å². The van der Waals surface area contributed by atoms with Gasteiger partial charge in [-0.3, -0.25) is 5.41 Å². The monoisotopic (exact) mass is 335 g/mol. The second-order valence-corrected chi connectivity index (χ2v) is 8.03. The molecule has 0 aliphatic heterocycles. The molecule has 0 bridgehead atoms. The van der Waals surface area contributed by atoms with Crippen LogP contribution in [0.2, 0.25) is 0 Å². The van der Waals surface area contributed by atoms with Crippen molar-refractivity contribution >= 4 is 5.96 Å². The molecule has 0 aromatic rings. The summed E-state index contributed by atoms with van der Waals surface area (Å²) in [5.74, 6) is 0.738. The van der Waals surface area contributed by atoms with Crippen molar-refractivity contribution in [2.45, 2.75) is 122 Å². The molecule has 2 fully saturated rings. The van der Waals surface area contributed by atoms with Gasteiger partial charge < -0.3 is 10.2 Å². The molecule has 140 valence electrons. The van der Waals surface area contributed by atoms with Crippen LogP contribution in [-0.2, 0) is 0 Å². The van der Waals surface area contributed by atoms with Crippen LogP contribution in [0.25, 0.3) is 0 Å². The number of unbranched alkanes of at least 4 members (excludes halogenated alkanes) is 5. The van der Waals surface area contributed by atoms with Crippen LogP contribution in [0.3, 0.4) is 0 Å². The first-order valence-corrected chi connectivity index (χ1v) is 10.9. The van der Waals surface area contributed by atoms with Crippen molar-refractivity contribution < 1.29 is 0 Å². The molecule has 0 spiro atoms. The number of guanidine groups is 1. The number of hydrogen-bond donors (Lipinski definition) is 2. The summed E-state index contributed by atoms with van der Waals surface area (Å²) in [5.41, 5.74) is 0. The first kappa shape index (κ1) is 19.6. The normalized spacial score (nSPS) is 20.0. The molecule has 0 aromatic heterocycles. The highest BCUT2D eigenvalue weighted by Crippen LogP contribution is 2.30. The van der Waals surface area contributed by atoms with Crippen molar-refractivity contribution in [3.05, 3.63) is 0 Å². The molecule has 0 unspecified atom stereocenters. The Bertz CT molecular complexity index is 312. The summed E-state index contributed by atoms with van der Waals surface area (Å²) in [7, 11) is 0. The van der Waals surface area contributed by atoms with Gasteiger partial charge in [-0.2, -0.15) is 0 Å². The van der Waals surface area contributed by atoms with Gasteiger partial charge in [0, 0.05) is 18.6 Å². The second kappa shape index (κ2) is 11.8. The van der Waals surface area contributed by atoms with Crippen molar-refractivity contribution in [2.75, 3.05) is 6.54 Å². The summed E-state index contributed by atoms with van der Waals surface area (Å²) in [6.45, 7) is 3.26. The molecule has 3 heteroatoms. The summed E-state index contributed by atoms with van der Waals surface area (Å²) < 4.78 is 0. The molecule has 0 atom stereocenters.